The molecule has 0 unspecified atom stereocenters. The summed E-state index contributed by atoms with van der Waals surface area (Å²) in [6.45, 7) is 2.56. The van der Waals surface area contributed by atoms with E-state index in [0.29, 0.717) is 33.6 Å². The van der Waals surface area contributed by atoms with Crippen LogP contribution in [0.3, 0.4) is 0 Å². The Morgan fingerprint density at radius 3 is 3.05 bits per heavy atom. The molecule has 1 aliphatic heterocycles. The molecule has 1 saturated heterocycles. The summed E-state index contributed by atoms with van der Waals surface area (Å²) >= 11 is 9.44. The minimum Gasteiger partial charge on any atom is -0.465 e. The molecule has 0 aromatic carbocycles. The fraction of sp³-hybridized carbons (Fsp3) is 0.417. The Bertz CT molecular complexity index is 689. The summed E-state index contributed by atoms with van der Waals surface area (Å²) in [5, 5.41) is 9.67. The Kier molecular flexibility index (Phi) is 3.33. The maximum atomic E-state index is 11.4. The molecule has 0 aliphatic carbocycles. The molecule has 2 atom stereocenters. The van der Waals surface area contributed by atoms with Gasteiger partial charge in [0, 0.05) is 18.9 Å². The topological polar surface area (TPSA) is 70.7 Å². The molecule has 3 heterocycles. The van der Waals surface area contributed by atoms with Crippen LogP contribution in [0.5, 0.6) is 0 Å². The van der Waals surface area contributed by atoms with Crippen LogP contribution < -0.4 is 0 Å². The third-order valence-corrected chi connectivity index (χ3v) is 4.38. The van der Waals surface area contributed by atoms with Gasteiger partial charge in [-0.1, -0.05) is 18.5 Å². The predicted octanol–water partition coefficient (Wildman–Crippen LogP) is 3.21. The van der Waals surface area contributed by atoms with Crippen molar-refractivity contribution >= 4 is 39.1 Å². The number of aromatic nitrogens is 3. The van der Waals surface area contributed by atoms with E-state index in [-0.39, 0.29) is 6.04 Å². The molecule has 0 spiro atoms. The van der Waals surface area contributed by atoms with Crippen LogP contribution >= 0.6 is 27.5 Å². The lowest BCUT2D eigenvalue weighted by atomic mass is 10.1. The number of hydrogen-bond acceptors (Lipinski definition) is 3. The number of amides is 1. The molecule has 6 nitrogen and oxygen atoms in total. The zero-order valence-corrected chi connectivity index (χ0v) is 13.0. The Morgan fingerprint density at radius 1 is 1.60 bits per heavy atom. The SMILES string of the molecule is C[C@H]1C[C@@H](c2nc(Br)c3c(Cl)nccn23)N(C(=O)O)C1. The molecule has 1 fully saturated rings. The number of nitrogens with zero attached hydrogens (tertiary/aromatic N) is 4. The molecule has 0 radical (unpaired) electrons. The predicted molar refractivity (Wildman–Crippen MR) is 76.9 cm³/mol. The molecule has 2 aromatic rings. The normalized spacial score (nSPS) is 22.6. The highest BCUT2D eigenvalue weighted by Crippen LogP contribution is 2.37. The van der Waals surface area contributed by atoms with Gasteiger partial charge in [-0.2, -0.15) is 0 Å². The van der Waals surface area contributed by atoms with Gasteiger partial charge in [-0.15, -0.1) is 0 Å². The molecule has 8 heteroatoms. The van der Waals surface area contributed by atoms with Crippen molar-refractivity contribution in [3.05, 3.63) is 28.0 Å². The maximum Gasteiger partial charge on any atom is 0.407 e. The molecule has 0 saturated carbocycles. The fourth-order valence-electron chi connectivity index (χ4n) is 2.72. The Balaban J connectivity index is 2.15. The van der Waals surface area contributed by atoms with Crippen LogP contribution in [0.1, 0.15) is 25.2 Å². The van der Waals surface area contributed by atoms with Crippen LogP contribution in [0.15, 0.2) is 17.0 Å². The van der Waals surface area contributed by atoms with Crippen LogP contribution in [0.25, 0.3) is 5.52 Å². The monoisotopic (exact) mass is 358 g/mol. The van der Waals surface area contributed by atoms with E-state index in [1.807, 2.05) is 6.92 Å². The van der Waals surface area contributed by atoms with Crippen LogP contribution in [-0.4, -0.2) is 37.0 Å². The summed E-state index contributed by atoms with van der Waals surface area (Å²) in [6, 6.07) is -0.264. The first-order valence-corrected chi connectivity index (χ1v) is 7.33. The molecule has 20 heavy (non-hydrogen) atoms. The van der Waals surface area contributed by atoms with E-state index in [2.05, 4.69) is 25.9 Å². The van der Waals surface area contributed by atoms with Gasteiger partial charge in [0.1, 0.15) is 15.9 Å². The zero-order chi connectivity index (χ0) is 14.4. The van der Waals surface area contributed by atoms with Crippen molar-refractivity contribution in [3.63, 3.8) is 0 Å². The largest absolute Gasteiger partial charge is 0.465 e. The number of hydrogen-bond donors (Lipinski definition) is 1. The number of fused-ring (bicyclic) bond motifs is 1. The molecule has 0 bridgehead atoms. The summed E-state index contributed by atoms with van der Waals surface area (Å²) in [7, 11) is 0. The average molecular weight is 360 g/mol. The Labute approximate surface area is 128 Å². The number of carboxylic acid groups (broad SMARTS) is 1. The summed E-state index contributed by atoms with van der Waals surface area (Å²) < 4.78 is 2.38. The number of carbonyl (C=O) groups is 1. The molecule has 1 N–H and O–H groups in total. The molecular weight excluding hydrogens is 348 g/mol. The number of likely N-dealkylation sites (tertiary alicyclic amines) is 1. The molecule has 2 aromatic heterocycles. The van der Waals surface area contributed by atoms with Crippen molar-refractivity contribution in [2.75, 3.05) is 6.54 Å². The smallest absolute Gasteiger partial charge is 0.407 e. The summed E-state index contributed by atoms with van der Waals surface area (Å²) in [5.41, 5.74) is 0.661. The minimum absolute atomic E-state index is 0.264. The van der Waals surface area contributed by atoms with Gasteiger partial charge in [0.15, 0.2) is 5.15 Å². The number of rotatable bonds is 1. The van der Waals surface area contributed by atoms with Gasteiger partial charge >= 0.3 is 6.09 Å². The third kappa shape index (κ3) is 2.05. The first-order valence-electron chi connectivity index (χ1n) is 6.16. The minimum atomic E-state index is -0.924. The zero-order valence-electron chi connectivity index (χ0n) is 10.6. The first kappa shape index (κ1) is 13.6. The second-order valence-electron chi connectivity index (χ2n) is 4.99. The summed E-state index contributed by atoms with van der Waals surface area (Å²) in [4.78, 5) is 21.3. The highest BCUT2D eigenvalue weighted by molar-refractivity contribution is 9.10. The van der Waals surface area contributed by atoms with Gasteiger partial charge in [0.2, 0.25) is 0 Å². The highest BCUT2D eigenvalue weighted by Gasteiger charge is 2.37. The van der Waals surface area contributed by atoms with Gasteiger partial charge in [-0.25, -0.2) is 14.8 Å². The van der Waals surface area contributed by atoms with Crippen LogP contribution in [0.2, 0.25) is 5.15 Å². The Morgan fingerprint density at radius 2 is 2.35 bits per heavy atom. The molecular formula is C12H12BrClN4O2. The fourth-order valence-corrected chi connectivity index (χ4v) is 3.63. The summed E-state index contributed by atoms with van der Waals surface area (Å²) in [6.07, 6.45) is 3.15. The first-order chi connectivity index (χ1) is 9.49. The van der Waals surface area contributed by atoms with Crippen LogP contribution in [0, 0.1) is 5.92 Å². The van der Waals surface area contributed by atoms with Crippen molar-refractivity contribution in [1.82, 2.24) is 19.3 Å². The average Bonchev–Trinajstić information content (AvgIpc) is 2.91. The lowest BCUT2D eigenvalue weighted by molar-refractivity contribution is 0.137. The second kappa shape index (κ2) is 4.89. The van der Waals surface area contributed by atoms with E-state index in [4.69, 9.17) is 11.6 Å². The van der Waals surface area contributed by atoms with Gasteiger partial charge < -0.3 is 5.11 Å². The third-order valence-electron chi connectivity index (χ3n) is 3.55. The van der Waals surface area contributed by atoms with Crippen molar-refractivity contribution < 1.29 is 9.90 Å². The van der Waals surface area contributed by atoms with Crippen molar-refractivity contribution in [2.24, 2.45) is 5.92 Å². The van der Waals surface area contributed by atoms with E-state index in [0.717, 1.165) is 6.42 Å². The van der Waals surface area contributed by atoms with Gasteiger partial charge in [0.05, 0.1) is 6.04 Å². The van der Waals surface area contributed by atoms with E-state index in [9.17, 15) is 9.90 Å². The van der Waals surface area contributed by atoms with Gasteiger partial charge in [0.25, 0.3) is 0 Å². The quantitative estimate of drug-likeness (QED) is 0.849. The molecule has 1 amide bonds. The van der Waals surface area contributed by atoms with Crippen molar-refractivity contribution in [3.8, 4) is 0 Å². The van der Waals surface area contributed by atoms with Crippen molar-refractivity contribution in [1.29, 1.82) is 0 Å². The lowest BCUT2D eigenvalue weighted by Crippen LogP contribution is -2.30. The van der Waals surface area contributed by atoms with Crippen LogP contribution in [0.4, 0.5) is 4.79 Å². The van der Waals surface area contributed by atoms with E-state index in [1.165, 1.54) is 4.90 Å². The van der Waals surface area contributed by atoms with Crippen molar-refractivity contribution in [2.45, 2.75) is 19.4 Å². The summed E-state index contributed by atoms with van der Waals surface area (Å²) in [5.74, 6) is 0.974. The highest BCUT2D eigenvalue weighted by atomic mass is 79.9. The maximum absolute atomic E-state index is 11.4. The molecule has 106 valence electrons. The van der Waals surface area contributed by atoms with Gasteiger partial charge in [-0.05, 0) is 28.3 Å². The standard InChI is InChI=1S/C12H12BrClN4O2/c1-6-4-7(18(5-6)12(19)20)11-16-9(13)8-10(14)15-2-3-17(8)11/h2-3,6-7H,4-5H2,1H3,(H,19,20)/t6-,7-/m0/s1. The van der Waals surface area contributed by atoms with Gasteiger partial charge in [-0.3, -0.25) is 9.30 Å². The Hall–Kier alpha value is -1.34. The lowest BCUT2D eigenvalue weighted by Gasteiger charge is -2.20. The van der Waals surface area contributed by atoms with E-state index >= 15 is 0 Å². The van der Waals surface area contributed by atoms with E-state index < -0.39 is 6.09 Å². The van der Waals surface area contributed by atoms with Crippen LogP contribution in [-0.2, 0) is 0 Å². The second-order valence-corrected chi connectivity index (χ2v) is 6.10. The van der Waals surface area contributed by atoms with E-state index in [1.54, 1.807) is 16.8 Å². The molecule has 1 aliphatic rings. The number of halogens is 2. The molecule has 3 rings (SSSR count). The number of imidazole rings is 1.